The molecular weight excluding hydrogens is 220 g/mol. The topological polar surface area (TPSA) is 111 Å². The quantitative estimate of drug-likeness (QED) is 0.437. The number of rotatable bonds is 4. The van der Waals surface area contributed by atoms with Crippen LogP contribution in [0.2, 0.25) is 0 Å². The fourth-order valence-corrected chi connectivity index (χ4v) is 1.91. The van der Waals surface area contributed by atoms with Gasteiger partial charge in [0.25, 0.3) is 0 Å². The molecule has 1 aliphatic rings. The minimum Gasteiger partial charge on any atom is -0.381 e. The summed E-state index contributed by atoms with van der Waals surface area (Å²) in [5.41, 5.74) is 8.04. The number of ether oxygens (including phenoxy) is 1. The summed E-state index contributed by atoms with van der Waals surface area (Å²) in [6.07, 6.45) is 1.07. The lowest BCUT2D eigenvalue weighted by Crippen LogP contribution is -2.27. The molecule has 2 unspecified atom stereocenters. The highest BCUT2D eigenvalue weighted by molar-refractivity contribution is 5.50. The van der Waals surface area contributed by atoms with Crippen LogP contribution in [-0.4, -0.2) is 29.2 Å². The maximum atomic E-state index is 5.58. The molecule has 0 radical (unpaired) electrons. The fourth-order valence-electron chi connectivity index (χ4n) is 1.91. The zero-order chi connectivity index (χ0) is 12.3. The molecule has 17 heavy (non-hydrogen) atoms. The van der Waals surface area contributed by atoms with Gasteiger partial charge in [-0.3, -0.25) is 0 Å². The number of nitrogens with two attached hydrogens (primary N) is 2. The Kier molecular flexibility index (Phi) is 3.60. The van der Waals surface area contributed by atoms with Crippen LogP contribution >= 0.6 is 0 Å². The van der Waals surface area contributed by atoms with Crippen LogP contribution in [0.1, 0.15) is 13.3 Å². The van der Waals surface area contributed by atoms with Gasteiger partial charge in [0.15, 0.2) is 0 Å². The van der Waals surface area contributed by atoms with Crippen molar-refractivity contribution in [2.45, 2.75) is 19.4 Å². The summed E-state index contributed by atoms with van der Waals surface area (Å²) in [5, 5.41) is 3.29. The van der Waals surface area contributed by atoms with E-state index in [-0.39, 0.29) is 12.0 Å². The first-order valence-electron chi connectivity index (χ1n) is 5.64. The summed E-state index contributed by atoms with van der Waals surface area (Å²) in [6, 6.07) is 2.00. The largest absolute Gasteiger partial charge is 0.381 e. The molecule has 0 aromatic carbocycles. The Balaban J connectivity index is 2.04. The predicted molar refractivity (Wildman–Crippen MR) is 66.3 cm³/mol. The van der Waals surface area contributed by atoms with E-state index in [9.17, 15) is 0 Å². The monoisotopic (exact) mass is 238 g/mol. The molecule has 0 bridgehead atoms. The molecule has 6 N–H and O–H groups in total. The first kappa shape index (κ1) is 11.9. The van der Waals surface area contributed by atoms with Crippen LogP contribution in [0.4, 0.5) is 17.6 Å². The first-order valence-corrected chi connectivity index (χ1v) is 5.64. The van der Waals surface area contributed by atoms with Gasteiger partial charge in [-0.2, -0.15) is 9.97 Å². The summed E-state index contributed by atoms with van der Waals surface area (Å²) in [5.74, 6) is 7.16. The molecule has 0 amide bonds. The Bertz CT molecular complexity index is 379. The normalized spacial score (nSPS) is 21.2. The van der Waals surface area contributed by atoms with Crippen molar-refractivity contribution in [3.8, 4) is 0 Å². The average Bonchev–Trinajstić information content (AvgIpc) is 2.81. The standard InChI is InChI=1S/C10H18N6O/c1-6(7-2-3-17-5-7)13-8-4-9(16-12)15-10(11)14-8/h4,6-7H,2-3,5,12H2,1H3,(H4,11,13,14,15,16). The number of nitrogens with one attached hydrogen (secondary N) is 2. The highest BCUT2D eigenvalue weighted by atomic mass is 16.5. The summed E-state index contributed by atoms with van der Waals surface area (Å²) < 4.78 is 5.35. The van der Waals surface area contributed by atoms with Gasteiger partial charge in [-0.1, -0.05) is 0 Å². The van der Waals surface area contributed by atoms with Crippen molar-refractivity contribution in [2.24, 2.45) is 11.8 Å². The van der Waals surface area contributed by atoms with E-state index in [4.69, 9.17) is 16.3 Å². The second-order valence-electron chi connectivity index (χ2n) is 4.20. The van der Waals surface area contributed by atoms with Crippen LogP contribution in [-0.2, 0) is 4.74 Å². The third kappa shape index (κ3) is 2.95. The van der Waals surface area contributed by atoms with Gasteiger partial charge in [-0.05, 0) is 13.3 Å². The van der Waals surface area contributed by atoms with Crippen molar-refractivity contribution in [1.29, 1.82) is 0 Å². The second-order valence-corrected chi connectivity index (χ2v) is 4.20. The summed E-state index contributed by atoms with van der Waals surface area (Å²) >= 11 is 0. The van der Waals surface area contributed by atoms with Crippen LogP contribution in [0, 0.1) is 5.92 Å². The Hall–Kier alpha value is -1.60. The molecular formula is C10H18N6O. The SMILES string of the molecule is CC(Nc1cc(NN)nc(N)n1)C1CCOC1. The number of hydrazine groups is 1. The molecule has 1 aromatic rings. The molecule has 7 nitrogen and oxygen atoms in total. The van der Waals surface area contributed by atoms with Crippen molar-refractivity contribution >= 4 is 17.6 Å². The van der Waals surface area contributed by atoms with Crippen LogP contribution < -0.4 is 22.3 Å². The number of nitrogens with zero attached hydrogens (tertiary/aromatic N) is 2. The maximum absolute atomic E-state index is 5.58. The lowest BCUT2D eigenvalue weighted by Gasteiger charge is -2.20. The van der Waals surface area contributed by atoms with E-state index < -0.39 is 0 Å². The van der Waals surface area contributed by atoms with E-state index in [0.29, 0.717) is 17.6 Å². The highest BCUT2D eigenvalue weighted by Crippen LogP contribution is 2.20. The van der Waals surface area contributed by atoms with E-state index >= 15 is 0 Å². The molecule has 7 heteroatoms. The second kappa shape index (κ2) is 5.15. The molecule has 0 saturated carbocycles. The number of nitrogen functional groups attached to an aromatic ring is 2. The van der Waals surface area contributed by atoms with Crippen LogP contribution in [0.3, 0.4) is 0 Å². The van der Waals surface area contributed by atoms with E-state index in [1.165, 1.54) is 0 Å². The van der Waals surface area contributed by atoms with Gasteiger partial charge in [0.1, 0.15) is 11.6 Å². The Morgan fingerprint density at radius 2 is 2.24 bits per heavy atom. The number of anilines is 3. The van der Waals surface area contributed by atoms with Crippen LogP contribution in [0.15, 0.2) is 6.07 Å². The molecule has 94 valence electrons. The molecule has 2 heterocycles. The third-order valence-corrected chi connectivity index (χ3v) is 2.94. The van der Waals surface area contributed by atoms with Gasteiger partial charge < -0.3 is 21.2 Å². The Morgan fingerprint density at radius 1 is 1.47 bits per heavy atom. The maximum Gasteiger partial charge on any atom is 0.223 e. The summed E-state index contributed by atoms with van der Waals surface area (Å²) in [4.78, 5) is 8.04. The zero-order valence-electron chi connectivity index (χ0n) is 9.81. The molecule has 2 rings (SSSR count). The number of aromatic nitrogens is 2. The van der Waals surface area contributed by atoms with Gasteiger partial charge in [0.05, 0.1) is 6.61 Å². The number of hydrogen-bond donors (Lipinski definition) is 4. The molecule has 1 saturated heterocycles. The molecule has 1 fully saturated rings. The first-order chi connectivity index (χ1) is 8.19. The summed E-state index contributed by atoms with van der Waals surface area (Å²) in [6.45, 7) is 3.72. The van der Waals surface area contributed by atoms with Gasteiger partial charge in [0, 0.05) is 24.6 Å². The van der Waals surface area contributed by atoms with Crippen LogP contribution in [0.25, 0.3) is 0 Å². The minimum atomic E-state index is 0.192. The Morgan fingerprint density at radius 3 is 2.88 bits per heavy atom. The molecule has 0 aliphatic carbocycles. The lowest BCUT2D eigenvalue weighted by atomic mass is 10.0. The molecule has 1 aliphatic heterocycles. The smallest absolute Gasteiger partial charge is 0.223 e. The van der Waals surface area contributed by atoms with E-state index in [0.717, 1.165) is 19.6 Å². The van der Waals surface area contributed by atoms with E-state index in [1.807, 2.05) is 0 Å². The highest BCUT2D eigenvalue weighted by Gasteiger charge is 2.22. The van der Waals surface area contributed by atoms with Crippen molar-refractivity contribution in [3.05, 3.63) is 6.07 Å². The van der Waals surface area contributed by atoms with Crippen molar-refractivity contribution in [3.63, 3.8) is 0 Å². The van der Waals surface area contributed by atoms with Gasteiger partial charge in [-0.25, -0.2) is 5.84 Å². The number of hydrogen-bond acceptors (Lipinski definition) is 7. The summed E-state index contributed by atoms with van der Waals surface area (Å²) in [7, 11) is 0. The van der Waals surface area contributed by atoms with E-state index in [1.54, 1.807) is 6.07 Å². The van der Waals surface area contributed by atoms with Gasteiger partial charge in [0.2, 0.25) is 5.95 Å². The average molecular weight is 238 g/mol. The molecule has 0 spiro atoms. The lowest BCUT2D eigenvalue weighted by molar-refractivity contribution is 0.183. The Labute approximate surface area is 99.9 Å². The zero-order valence-corrected chi connectivity index (χ0v) is 9.81. The minimum absolute atomic E-state index is 0.192. The molecule has 2 atom stereocenters. The van der Waals surface area contributed by atoms with Crippen molar-refractivity contribution in [2.75, 3.05) is 29.7 Å². The van der Waals surface area contributed by atoms with Gasteiger partial charge in [-0.15, -0.1) is 0 Å². The van der Waals surface area contributed by atoms with Crippen molar-refractivity contribution < 1.29 is 4.74 Å². The predicted octanol–water partition coefficient (Wildman–Crippen LogP) is 0.181. The van der Waals surface area contributed by atoms with Crippen LogP contribution in [0.5, 0.6) is 0 Å². The fraction of sp³-hybridized carbons (Fsp3) is 0.600. The third-order valence-electron chi connectivity index (χ3n) is 2.94. The van der Waals surface area contributed by atoms with Gasteiger partial charge >= 0.3 is 0 Å². The van der Waals surface area contributed by atoms with E-state index in [2.05, 4.69) is 27.6 Å². The molecule has 1 aromatic heterocycles. The van der Waals surface area contributed by atoms with Crippen molar-refractivity contribution in [1.82, 2.24) is 9.97 Å².